The second-order valence-electron chi connectivity index (χ2n) is 14.7. The molecule has 0 N–H and O–H groups in total. The lowest BCUT2D eigenvalue weighted by atomic mass is 9.82. The molecule has 7 aromatic carbocycles. The van der Waals surface area contributed by atoms with Crippen molar-refractivity contribution in [1.82, 2.24) is 24.5 Å². The summed E-state index contributed by atoms with van der Waals surface area (Å²) in [5.74, 6) is 1.87. The van der Waals surface area contributed by atoms with E-state index in [2.05, 4.69) is 122 Å². The van der Waals surface area contributed by atoms with Crippen LogP contribution in [0.15, 0.2) is 164 Å². The molecule has 0 radical (unpaired) electrons. The average Bonchev–Trinajstić information content (AvgIpc) is 3.88. The molecule has 11 rings (SSSR count). The van der Waals surface area contributed by atoms with Gasteiger partial charge in [0.2, 0.25) is 5.95 Å². The molecule has 1 aliphatic rings. The van der Waals surface area contributed by atoms with Gasteiger partial charge in [-0.2, -0.15) is 9.97 Å². The minimum absolute atomic E-state index is 0.118. The van der Waals surface area contributed by atoms with E-state index in [1.54, 1.807) is 11.3 Å². The van der Waals surface area contributed by atoms with Gasteiger partial charge in [-0.3, -0.25) is 4.57 Å². The number of hydrogen-bond donors (Lipinski definition) is 0. The number of para-hydroxylation sites is 1. The summed E-state index contributed by atoms with van der Waals surface area (Å²) in [6.45, 7) is 4.69. The smallest absolute Gasteiger partial charge is 0.238 e. The third kappa shape index (κ3) is 5.06. The zero-order valence-electron chi connectivity index (χ0n) is 30.2. The molecule has 1 aliphatic carbocycles. The second-order valence-corrected chi connectivity index (χ2v) is 15.8. The van der Waals surface area contributed by atoms with Crippen molar-refractivity contribution < 1.29 is 0 Å². The van der Waals surface area contributed by atoms with Crippen molar-refractivity contribution in [3.05, 3.63) is 175 Å². The van der Waals surface area contributed by atoms with Crippen LogP contribution >= 0.6 is 11.3 Å². The molecular weight excluding hydrogens is 691 g/mol. The van der Waals surface area contributed by atoms with Crippen LogP contribution in [-0.2, 0) is 5.41 Å². The summed E-state index contributed by atoms with van der Waals surface area (Å²) in [5, 5.41) is 3.35. The van der Waals surface area contributed by atoms with E-state index in [1.165, 1.54) is 32.5 Å². The number of hydrogen-bond acceptors (Lipinski definition) is 5. The molecule has 0 spiro atoms. The molecule has 3 aromatic heterocycles. The molecule has 10 aromatic rings. The molecule has 0 amide bonds. The molecule has 0 saturated heterocycles. The van der Waals surface area contributed by atoms with Crippen molar-refractivity contribution in [2.24, 2.45) is 0 Å². The van der Waals surface area contributed by atoms with Crippen LogP contribution in [0.1, 0.15) is 25.0 Å². The monoisotopic (exact) mass is 723 g/mol. The van der Waals surface area contributed by atoms with Crippen molar-refractivity contribution in [3.63, 3.8) is 0 Å². The molecule has 0 saturated carbocycles. The van der Waals surface area contributed by atoms with Crippen LogP contribution in [0.4, 0.5) is 0 Å². The molecule has 0 unspecified atom stereocenters. The molecule has 5 nitrogen and oxygen atoms in total. The normalized spacial score (nSPS) is 13.1. The minimum Gasteiger partial charge on any atom is -0.278 e. The van der Waals surface area contributed by atoms with Gasteiger partial charge < -0.3 is 0 Å². The summed E-state index contributed by atoms with van der Waals surface area (Å²) in [6, 6.07) is 57.7. The van der Waals surface area contributed by atoms with Crippen LogP contribution in [0.2, 0.25) is 0 Å². The molecule has 0 atom stereocenters. The molecular formula is C49H33N5S. The van der Waals surface area contributed by atoms with E-state index in [0.29, 0.717) is 17.6 Å². The maximum Gasteiger partial charge on any atom is 0.238 e. The number of benzene rings is 7. The second kappa shape index (κ2) is 12.1. The van der Waals surface area contributed by atoms with Gasteiger partial charge in [0.25, 0.3) is 0 Å². The molecule has 0 fully saturated rings. The first-order chi connectivity index (χ1) is 27.0. The van der Waals surface area contributed by atoms with Crippen LogP contribution in [0.3, 0.4) is 0 Å². The molecule has 6 heteroatoms. The van der Waals surface area contributed by atoms with Crippen LogP contribution in [0.5, 0.6) is 0 Å². The summed E-state index contributed by atoms with van der Waals surface area (Å²) in [5.41, 5.74) is 13.7. The molecule has 0 aliphatic heterocycles. The summed E-state index contributed by atoms with van der Waals surface area (Å²) >= 11 is 1.77. The van der Waals surface area contributed by atoms with E-state index < -0.39 is 0 Å². The SMILES string of the molecule is CC1(C)c2ccc(-c3ccc4c(c3)c3ccccc3n4-c3nc(-c4ccccc4)nc(-c4ccccc4)n3)cc2-c2cc3nc(-c4ccccc4)sc3cc21. The van der Waals surface area contributed by atoms with Gasteiger partial charge >= 0.3 is 0 Å². The fourth-order valence-electron chi connectivity index (χ4n) is 8.32. The van der Waals surface area contributed by atoms with Crippen LogP contribution in [-0.4, -0.2) is 24.5 Å². The summed E-state index contributed by atoms with van der Waals surface area (Å²) in [7, 11) is 0. The highest BCUT2D eigenvalue weighted by Crippen LogP contribution is 2.51. The van der Waals surface area contributed by atoms with Gasteiger partial charge in [-0.15, -0.1) is 11.3 Å². The number of fused-ring (bicyclic) bond motifs is 7. The van der Waals surface area contributed by atoms with Crippen molar-refractivity contribution in [1.29, 1.82) is 0 Å². The van der Waals surface area contributed by atoms with Crippen molar-refractivity contribution in [2.75, 3.05) is 0 Å². The molecule has 0 bridgehead atoms. The standard InChI is InChI=1S/C49H33N5S/c1-49(2)39-24-22-33(26-36(39)37-28-41-44(29-40(37)49)55-47(50-41)32-18-10-5-11-19-32)34-23-25-43-38(27-34)35-20-12-13-21-42(35)54(43)48-52-45(30-14-6-3-7-15-30)51-46(53-48)31-16-8-4-9-17-31/h3-29H,1-2H3. The summed E-state index contributed by atoms with van der Waals surface area (Å²) in [6.07, 6.45) is 0. The first kappa shape index (κ1) is 31.7. The van der Waals surface area contributed by atoms with E-state index in [1.807, 2.05) is 60.7 Å². The Balaban J connectivity index is 1.06. The van der Waals surface area contributed by atoms with E-state index in [0.717, 1.165) is 54.6 Å². The lowest BCUT2D eigenvalue weighted by Crippen LogP contribution is -2.14. The lowest BCUT2D eigenvalue weighted by Gasteiger charge is -2.21. The maximum absolute atomic E-state index is 5.10. The Labute approximate surface area is 322 Å². The van der Waals surface area contributed by atoms with Crippen LogP contribution in [0, 0.1) is 0 Å². The quantitative estimate of drug-likeness (QED) is 0.177. The number of nitrogens with zero attached hydrogens (tertiary/aromatic N) is 5. The molecule has 55 heavy (non-hydrogen) atoms. The van der Waals surface area contributed by atoms with Gasteiger partial charge in [0, 0.05) is 32.9 Å². The van der Waals surface area contributed by atoms with Crippen molar-refractivity contribution in [3.8, 4) is 61.5 Å². The average molecular weight is 724 g/mol. The Morgan fingerprint density at radius 1 is 0.455 bits per heavy atom. The highest BCUT2D eigenvalue weighted by Gasteiger charge is 2.36. The zero-order valence-corrected chi connectivity index (χ0v) is 31.0. The first-order valence-electron chi connectivity index (χ1n) is 18.6. The van der Waals surface area contributed by atoms with E-state index >= 15 is 0 Å². The van der Waals surface area contributed by atoms with E-state index in [-0.39, 0.29) is 5.41 Å². The Kier molecular flexibility index (Phi) is 7.00. The van der Waals surface area contributed by atoms with Gasteiger partial charge in [0.05, 0.1) is 21.3 Å². The fourth-order valence-corrected chi connectivity index (χ4v) is 9.31. The van der Waals surface area contributed by atoms with Gasteiger partial charge in [-0.25, -0.2) is 9.97 Å². The maximum atomic E-state index is 5.10. The number of rotatable bonds is 5. The van der Waals surface area contributed by atoms with E-state index in [9.17, 15) is 0 Å². The van der Waals surface area contributed by atoms with Crippen LogP contribution < -0.4 is 0 Å². The minimum atomic E-state index is -0.118. The van der Waals surface area contributed by atoms with Crippen molar-refractivity contribution in [2.45, 2.75) is 19.3 Å². The zero-order chi connectivity index (χ0) is 36.7. The van der Waals surface area contributed by atoms with Crippen molar-refractivity contribution >= 4 is 43.4 Å². The van der Waals surface area contributed by atoms with Crippen LogP contribution in [0.25, 0.3) is 93.6 Å². The van der Waals surface area contributed by atoms with Gasteiger partial charge in [0.1, 0.15) is 5.01 Å². The predicted molar refractivity (Wildman–Crippen MR) is 227 cm³/mol. The highest BCUT2D eigenvalue weighted by molar-refractivity contribution is 7.21. The number of thiazole rings is 1. The highest BCUT2D eigenvalue weighted by atomic mass is 32.1. The van der Waals surface area contributed by atoms with E-state index in [4.69, 9.17) is 19.9 Å². The Morgan fingerprint density at radius 2 is 1.04 bits per heavy atom. The molecule has 260 valence electrons. The molecule has 3 heterocycles. The Morgan fingerprint density at radius 3 is 1.75 bits per heavy atom. The first-order valence-corrected chi connectivity index (χ1v) is 19.4. The topological polar surface area (TPSA) is 56.5 Å². The van der Waals surface area contributed by atoms with Gasteiger partial charge in [-0.1, -0.05) is 141 Å². The predicted octanol–water partition coefficient (Wildman–Crippen LogP) is 12.6. The summed E-state index contributed by atoms with van der Waals surface area (Å²) < 4.78 is 3.41. The third-order valence-electron chi connectivity index (χ3n) is 11.1. The van der Waals surface area contributed by atoms with Gasteiger partial charge in [0.15, 0.2) is 11.6 Å². The lowest BCUT2D eigenvalue weighted by molar-refractivity contribution is 0.661. The number of aromatic nitrogens is 5. The van der Waals surface area contributed by atoms with Gasteiger partial charge in [-0.05, 0) is 69.8 Å². The Bertz CT molecular complexity index is 3050. The largest absolute Gasteiger partial charge is 0.278 e. The third-order valence-corrected chi connectivity index (χ3v) is 12.2. The summed E-state index contributed by atoms with van der Waals surface area (Å²) in [4.78, 5) is 20.3. The Hall–Kier alpha value is -6.76. The fraction of sp³-hybridized carbons (Fsp3) is 0.0612.